The van der Waals surface area contributed by atoms with E-state index < -0.39 is 0 Å². The Balaban J connectivity index is 2.58. The standard InChI is InChI=1S/C8H7N3O/c9-6-1-2-7-5(3-6)4-10-11-8(7)12/h1-3H,4,9H2. The second-order valence-electron chi connectivity index (χ2n) is 2.62. The molecule has 0 aliphatic carbocycles. The molecule has 1 aromatic rings. The van der Waals surface area contributed by atoms with Crippen LogP contribution in [0.5, 0.6) is 0 Å². The SMILES string of the molecule is Nc1ccc2c(c1)CN=NC2=O. The van der Waals surface area contributed by atoms with Crippen molar-refractivity contribution >= 4 is 11.6 Å². The molecule has 0 spiro atoms. The highest BCUT2D eigenvalue weighted by Crippen LogP contribution is 2.19. The molecule has 0 radical (unpaired) electrons. The van der Waals surface area contributed by atoms with Crippen LogP contribution in [-0.2, 0) is 6.54 Å². The highest BCUT2D eigenvalue weighted by atomic mass is 16.1. The van der Waals surface area contributed by atoms with Gasteiger partial charge in [0, 0.05) is 11.3 Å². The summed E-state index contributed by atoms with van der Waals surface area (Å²) in [7, 11) is 0. The number of nitrogens with zero attached hydrogens (tertiary/aromatic N) is 2. The molecule has 0 saturated carbocycles. The van der Waals surface area contributed by atoms with E-state index in [1.165, 1.54) is 0 Å². The van der Waals surface area contributed by atoms with Crippen molar-refractivity contribution in [2.75, 3.05) is 5.73 Å². The van der Waals surface area contributed by atoms with Gasteiger partial charge in [-0.2, -0.15) is 5.11 Å². The van der Waals surface area contributed by atoms with Crippen molar-refractivity contribution < 1.29 is 4.79 Å². The van der Waals surface area contributed by atoms with Gasteiger partial charge < -0.3 is 5.73 Å². The Morgan fingerprint density at radius 1 is 1.42 bits per heavy atom. The minimum atomic E-state index is -0.281. The molecule has 4 heteroatoms. The average Bonchev–Trinajstić information content (AvgIpc) is 2.04. The van der Waals surface area contributed by atoms with Crippen LogP contribution in [0, 0.1) is 0 Å². The topological polar surface area (TPSA) is 67.8 Å². The molecule has 12 heavy (non-hydrogen) atoms. The molecule has 1 aliphatic heterocycles. The van der Waals surface area contributed by atoms with Crippen LogP contribution in [0.2, 0.25) is 0 Å². The normalized spacial score (nSPS) is 14.5. The van der Waals surface area contributed by atoms with E-state index in [-0.39, 0.29) is 5.91 Å². The number of hydrogen-bond donors (Lipinski definition) is 1. The van der Waals surface area contributed by atoms with Crippen LogP contribution >= 0.6 is 0 Å². The number of rotatable bonds is 0. The van der Waals surface area contributed by atoms with Crippen LogP contribution < -0.4 is 5.73 Å². The van der Waals surface area contributed by atoms with Gasteiger partial charge in [-0.15, -0.1) is 5.11 Å². The number of fused-ring (bicyclic) bond motifs is 1. The van der Waals surface area contributed by atoms with Crippen molar-refractivity contribution in [1.29, 1.82) is 0 Å². The number of benzene rings is 1. The van der Waals surface area contributed by atoms with Gasteiger partial charge in [-0.3, -0.25) is 4.79 Å². The Morgan fingerprint density at radius 2 is 2.25 bits per heavy atom. The average molecular weight is 161 g/mol. The van der Waals surface area contributed by atoms with Gasteiger partial charge in [0.05, 0.1) is 6.54 Å². The molecule has 0 atom stereocenters. The van der Waals surface area contributed by atoms with Gasteiger partial charge in [-0.25, -0.2) is 0 Å². The first-order chi connectivity index (χ1) is 5.77. The molecular formula is C8H7N3O. The summed E-state index contributed by atoms with van der Waals surface area (Å²) < 4.78 is 0. The van der Waals surface area contributed by atoms with Gasteiger partial charge in [-0.05, 0) is 23.8 Å². The molecule has 2 rings (SSSR count). The molecule has 1 aromatic carbocycles. The predicted molar refractivity (Wildman–Crippen MR) is 43.7 cm³/mol. The van der Waals surface area contributed by atoms with Crippen molar-refractivity contribution in [2.24, 2.45) is 10.2 Å². The van der Waals surface area contributed by atoms with E-state index in [4.69, 9.17) is 5.73 Å². The van der Waals surface area contributed by atoms with Gasteiger partial charge in [0.2, 0.25) is 0 Å². The van der Waals surface area contributed by atoms with Gasteiger partial charge in [-0.1, -0.05) is 0 Å². The van der Waals surface area contributed by atoms with E-state index in [0.717, 1.165) is 5.56 Å². The molecule has 1 aliphatic rings. The molecule has 1 heterocycles. The third-order valence-electron chi connectivity index (χ3n) is 1.76. The largest absolute Gasteiger partial charge is 0.399 e. The maximum Gasteiger partial charge on any atom is 0.295 e. The Bertz CT molecular complexity index is 371. The summed E-state index contributed by atoms with van der Waals surface area (Å²) in [6.45, 7) is 0.451. The van der Waals surface area contributed by atoms with E-state index in [1.807, 2.05) is 0 Å². The van der Waals surface area contributed by atoms with Gasteiger partial charge >= 0.3 is 0 Å². The van der Waals surface area contributed by atoms with Crippen LogP contribution in [0.4, 0.5) is 5.69 Å². The third-order valence-corrected chi connectivity index (χ3v) is 1.76. The highest BCUT2D eigenvalue weighted by Gasteiger charge is 2.14. The molecule has 0 unspecified atom stereocenters. The lowest BCUT2D eigenvalue weighted by Gasteiger charge is -2.07. The van der Waals surface area contributed by atoms with Crippen LogP contribution in [0.3, 0.4) is 0 Å². The maximum atomic E-state index is 11.1. The summed E-state index contributed by atoms with van der Waals surface area (Å²) in [4.78, 5) is 11.1. The molecular weight excluding hydrogens is 154 g/mol. The van der Waals surface area contributed by atoms with Gasteiger partial charge in [0.15, 0.2) is 0 Å². The van der Waals surface area contributed by atoms with Gasteiger partial charge in [0.25, 0.3) is 5.91 Å². The lowest BCUT2D eigenvalue weighted by molar-refractivity contribution is 0.0988. The van der Waals surface area contributed by atoms with E-state index in [1.54, 1.807) is 18.2 Å². The van der Waals surface area contributed by atoms with Gasteiger partial charge in [0.1, 0.15) is 0 Å². The quantitative estimate of drug-likeness (QED) is 0.584. The van der Waals surface area contributed by atoms with Crippen LogP contribution in [0.25, 0.3) is 0 Å². The van der Waals surface area contributed by atoms with E-state index in [0.29, 0.717) is 17.8 Å². The second-order valence-corrected chi connectivity index (χ2v) is 2.62. The summed E-state index contributed by atoms with van der Waals surface area (Å²) in [6, 6.07) is 5.13. The number of hydrogen-bond acceptors (Lipinski definition) is 3. The lowest BCUT2D eigenvalue weighted by Crippen LogP contribution is -2.05. The number of carbonyl (C=O) groups is 1. The maximum absolute atomic E-state index is 11.1. The zero-order chi connectivity index (χ0) is 8.55. The van der Waals surface area contributed by atoms with E-state index >= 15 is 0 Å². The summed E-state index contributed by atoms with van der Waals surface area (Å²) in [5.74, 6) is -0.281. The van der Waals surface area contributed by atoms with E-state index in [2.05, 4.69) is 10.2 Å². The molecule has 0 aromatic heterocycles. The minimum absolute atomic E-state index is 0.281. The number of amides is 1. The van der Waals surface area contributed by atoms with Crippen molar-refractivity contribution in [3.05, 3.63) is 29.3 Å². The fraction of sp³-hybridized carbons (Fsp3) is 0.125. The summed E-state index contributed by atoms with van der Waals surface area (Å²) in [5.41, 5.74) is 7.66. The van der Waals surface area contributed by atoms with E-state index in [9.17, 15) is 4.79 Å². The molecule has 0 bridgehead atoms. The monoisotopic (exact) mass is 161 g/mol. The Kier molecular flexibility index (Phi) is 1.40. The molecule has 60 valence electrons. The smallest absolute Gasteiger partial charge is 0.295 e. The first kappa shape index (κ1) is 6.97. The highest BCUT2D eigenvalue weighted by molar-refractivity contribution is 5.97. The number of nitrogens with two attached hydrogens (primary N) is 1. The van der Waals surface area contributed by atoms with Crippen molar-refractivity contribution in [2.45, 2.75) is 6.54 Å². The van der Waals surface area contributed by atoms with Crippen LogP contribution in [-0.4, -0.2) is 5.91 Å². The molecule has 1 amide bonds. The number of anilines is 1. The summed E-state index contributed by atoms with van der Waals surface area (Å²) in [5, 5.41) is 7.11. The van der Waals surface area contributed by atoms with Crippen LogP contribution in [0.1, 0.15) is 15.9 Å². The summed E-state index contributed by atoms with van der Waals surface area (Å²) in [6.07, 6.45) is 0. The fourth-order valence-electron chi connectivity index (χ4n) is 1.18. The third kappa shape index (κ3) is 0.972. The number of carbonyl (C=O) groups excluding carboxylic acids is 1. The first-order valence-electron chi connectivity index (χ1n) is 3.57. The Labute approximate surface area is 69.1 Å². The summed E-state index contributed by atoms with van der Waals surface area (Å²) >= 11 is 0. The van der Waals surface area contributed by atoms with Crippen LogP contribution in [0.15, 0.2) is 28.4 Å². The zero-order valence-electron chi connectivity index (χ0n) is 6.32. The van der Waals surface area contributed by atoms with Crippen molar-refractivity contribution in [3.8, 4) is 0 Å². The fourth-order valence-corrected chi connectivity index (χ4v) is 1.18. The Morgan fingerprint density at radius 3 is 3.08 bits per heavy atom. The molecule has 0 saturated heterocycles. The Hall–Kier alpha value is -1.71. The van der Waals surface area contributed by atoms with Crippen molar-refractivity contribution in [3.63, 3.8) is 0 Å². The number of azo groups is 1. The zero-order valence-corrected chi connectivity index (χ0v) is 6.32. The minimum Gasteiger partial charge on any atom is -0.399 e. The number of nitrogen functional groups attached to an aromatic ring is 1. The first-order valence-corrected chi connectivity index (χ1v) is 3.57. The van der Waals surface area contributed by atoms with Crippen molar-refractivity contribution in [1.82, 2.24) is 0 Å². The lowest BCUT2D eigenvalue weighted by atomic mass is 10.1. The second kappa shape index (κ2) is 2.41. The molecule has 4 nitrogen and oxygen atoms in total. The molecule has 0 fully saturated rings. The predicted octanol–water partition coefficient (Wildman–Crippen LogP) is 1.37. The molecule has 2 N–H and O–H groups in total.